The number of piperidine rings is 1. The zero-order valence-electron chi connectivity index (χ0n) is 9.90. The van der Waals surface area contributed by atoms with Crippen LogP contribution in [0.2, 0.25) is 0 Å². The lowest BCUT2D eigenvalue weighted by molar-refractivity contribution is -0.151. The van der Waals surface area contributed by atoms with Gasteiger partial charge >= 0.3 is 5.97 Å². The second-order valence-corrected chi connectivity index (χ2v) is 5.60. The molecular weight excluding hydrogens is 301 g/mol. The molecule has 5 heteroatoms. The maximum absolute atomic E-state index is 13.0. The fourth-order valence-electron chi connectivity index (χ4n) is 2.27. The Labute approximate surface area is 114 Å². The maximum Gasteiger partial charge on any atom is 0.312 e. The number of carboxylic acids is 1. The number of carboxylic acid groups (broad SMARTS) is 1. The normalized spacial score (nSPS) is 18.7. The third kappa shape index (κ3) is 2.51. The van der Waals surface area contributed by atoms with E-state index in [1.807, 2.05) is 24.3 Å². The van der Waals surface area contributed by atoms with Gasteiger partial charge in [0.15, 0.2) is 0 Å². The maximum atomic E-state index is 13.0. The van der Waals surface area contributed by atoms with Crippen molar-refractivity contribution in [1.82, 2.24) is 0 Å². The molecule has 1 aromatic rings. The lowest BCUT2D eigenvalue weighted by atomic mass is 9.79. The van der Waals surface area contributed by atoms with Gasteiger partial charge in [0.2, 0.25) is 0 Å². The summed E-state index contributed by atoms with van der Waals surface area (Å²) in [7, 11) is 0. The molecule has 3 nitrogen and oxygen atoms in total. The number of halogens is 2. The molecular formula is C13H15BrFNO2. The molecule has 0 saturated carbocycles. The van der Waals surface area contributed by atoms with Crippen molar-refractivity contribution in [3.8, 4) is 0 Å². The van der Waals surface area contributed by atoms with Gasteiger partial charge in [0.05, 0.1) is 5.41 Å². The topological polar surface area (TPSA) is 40.5 Å². The molecule has 1 aliphatic rings. The summed E-state index contributed by atoms with van der Waals surface area (Å²) in [6.07, 6.45) is 0.705. The fraction of sp³-hybridized carbons (Fsp3) is 0.462. The lowest BCUT2D eigenvalue weighted by Crippen LogP contribution is -2.45. The summed E-state index contributed by atoms with van der Waals surface area (Å²) in [5.41, 5.74) is -0.134. The van der Waals surface area contributed by atoms with Crippen LogP contribution in [0.25, 0.3) is 0 Å². The first-order chi connectivity index (χ1) is 8.57. The van der Waals surface area contributed by atoms with E-state index in [0.717, 1.165) is 10.2 Å². The zero-order valence-corrected chi connectivity index (χ0v) is 11.5. The molecule has 1 fully saturated rings. The molecule has 0 unspecified atom stereocenters. The quantitative estimate of drug-likeness (QED) is 0.931. The highest BCUT2D eigenvalue weighted by Gasteiger charge is 2.41. The number of hydrogen-bond acceptors (Lipinski definition) is 2. The van der Waals surface area contributed by atoms with E-state index in [1.165, 1.54) is 0 Å². The van der Waals surface area contributed by atoms with Crippen LogP contribution in [-0.2, 0) is 4.79 Å². The van der Waals surface area contributed by atoms with Crippen molar-refractivity contribution < 1.29 is 14.3 Å². The van der Waals surface area contributed by atoms with Crippen LogP contribution >= 0.6 is 15.9 Å². The summed E-state index contributed by atoms with van der Waals surface area (Å²) in [5, 5.41) is 9.12. The molecule has 0 atom stereocenters. The highest BCUT2D eigenvalue weighted by Crippen LogP contribution is 2.34. The van der Waals surface area contributed by atoms with Crippen molar-refractivity contribution in [2.75, 3.05) is 24.7 Å². The van der Waals surface area contributed by atoms with E-state index in [1.54, 1.807) is 0 Å². The Kier molecular flexibility index (Phi) is 3.90. The number of anilines is 1. The second-order valence-electron chi connectivity index (χ2n) is 4.69. The Morgan fingerprint density at radius 3 is 2.61 bits per heavy atom. The standard InChI is InChI=1S/C13H15BrFNO2/c14-10-2-1-3-11(8-10)16-6-4-13(9-15,5-7-16)12(17)18/h1-3,8H,4-7,9H2,(H,17,18). The Balaban J connectivity index is 2.09. The summed E-state index contributed by atoms with van der Waals surface area (Å²) in [6, 6.07) is 7.85. The molecule has 1 aromatic carbocycles. The Morgan fingerprint density at radius 2 is 2.11 bits per heavy atom. The first-order valence-electron chi connectivity index (χ1n) is 5.87. The molecule has 2 rings (SSSR count). The largest absolute Gasteiger partial charge is 0.481 e. The molecule has 0 amide bonds. The highest BCUT2D eigenvalue weighted by atomic mass is 79.9. The van der Waals surface area contributed by atoms with Gasteiger partial charge in [-0.3, -0.25) is 4.79 Å². The molecule has 0 aliphatic carbocycles. The molecule has 18 heavy (non-hydrogen) atoms. The van der Waals surface area contributed by atoms with Gasteiger partial charge in [-0.15, -0.1) is 0 Å². The monoisotopic (exact) mass is 315 g/mol. The van der Waals surface area contributed by atoms with E-state index in [9.17, 15) is 9.18 Å². The van der Waals surface area contributed by atoms with Gasteiger partial charge in [-0.25, -0.2) is 4.39 Å². The van der Waals surface area contributed by atoms with Crippen molar-refractivity contribution in [2.24, 2.45) is 5.41 Å². The summed E-state index contributed by atoms with van der Waals surface area (Å²) in [5.74, 6) is -1.01. The van der Waals surface area contributed by atoms with Gasteiger partial charge in [-0.2, -0.15) is 0 Å². The SMILES string of the molecule is O=C(O)C1(CF)CCN(c2cccc(Br)c2)CC1. The molecule has 0 radical (unpaired) electrons. The number of alkyl halides is 1. The van der Waals surface area contributed by atoms with Crippen molar-refractivity contribution >= 4 is 27.6 Å². The van der Waals surface area contributed by atoms with Crippen molar-refractivity contribution in [3.63, 3.8) is 0 Å². The van der Waals surface area contributed by atoms with E-state index in [-0.39, 0.29) is 0 Å². The van der Waals surface area contributed by atoms with Gasteiger partial charge in [-0.05, 0) is 31.0 Å². The van der Waals surface area contributed by atoms with E-state index in [0.29, 0.717) is 25.9 Å². The van der Waals surface area contributed by atoms with Crippen molar-refractivity contribution in [3.05, 3.63) is 28.7 Å². The number of benzene rings is 1. The Bertz CT molecular complexity index is 444. The molecule has 1 saturated heterocycles. The van der Waals surface area contributed by atoms with Gasteiger partial charge in [0.1, 0.15) is 6.67 Å². The first kappa shape index (κ1) is 13.3. The Morgan fingerprint density at radius 1 is 1.44 bits per heavy atom. The van der Waals surface area contributed by atoms with Crippen LogP contribution < -0.4 is 4.90 Å². The molecule has 1 heterocycles. The van der Waals surface area contributed by atoms with Gasteiger partial charge in [0, 0.05) is 23.2 Å². The van der Waals surface area contributed by atoms with Crippen LogP contribution in [0.3, 0.4) is 0 Å². The van der Waals surface area contributed by atoms with E-state index in [4.69, 9.17) is 5.11 Å². The number of aliphatic carboxylic acids is 1. The smallest absolute Gasteiger partial charge is 0.312 e. The van der Waals surface area contributed by atoms with Crippen LogP contribution in [0, 0.1) is 5.41 Å². The average Bonchev–Trinajstić information content (AvgIpc) is 2.38. The second kappa shape index (κ2) is 5.26. The lowest BCUT2D eigenvalue weighted by Gasteiger charge is -2.38. The molecule has 1 N–H and O–H groups in total. The third-order valence-corrected chi connectivity index (χ3v) is 4.10. The highest BCUT2D eigenvalue weighted by molar-refractivity contribution is 9.10. The van der Waals surface area contributed by atoms with Crippen LogP contribution in [0.4, 0.5) is 10.1 Å². The average molecular weight is 316 g/mol. The zero-order chi connectivity index (χ0) is 13.2. The molecule has 98 valence electrons. The Hall–Kier alpha value is -1.10. The third-order valence-electron chi connectivity index (χ3n) is 3.60. The summed E-state index contributed by atoms with van der Waals surface area (Å²) >= 11 is 3.41. The minimum Gasteiger partial charge on any atom is -0.481 e. The van der Waals surface area contributed by atoms with Gasteiger partial charge in [0.25, 0.3) is 0 Å². The van der Waals surface area contributed by atoms with Crippen LogP contribution in [0.1, 0.15) is 12.8 Å². The number of nitrogens with zero attached hydrogens (tertiary/aromatic N) is 1. The number of rotatable bonds is 3. The van der Waals surface area contributed by atoms with Gasteiger partial charge < -0.3 is 10.0 Å². The molecule has 0 bridgehead atoms. The predicted octanol–water partition coefficient (Wildman–Crippen LogP) is 3.09. The predicted molar refractivity (Wildman–Crippen MR) is 71.6 cm³/mol. The summed E-state index contributed by atoms with van der Waals surface area (Å²) in [6.45, 7) is 0.369. The van der Waals surface area contributed by atoms with E-state index >= 15 is 0 Å². The summed E-state index contributed by atoms with van der Waals surface area (Å²) in [4.78, 5) is 13.2. The fourth-order valence-corrected chi connectivity index (χ4v) is 2.66. The minimum atomic E-state index is -1.18. The van der Waals surface area contributed by atoms with Crippen LogP contribution in [0.15, 0.2) is 28.7 Å². The minimum absolute atomic E-state index is 0.353. The van der Waals surface area contributed by atoms with Crippen LogP contribution in [0.5, 0.6) is 0 Å². The van der Waals surface area contributed by atoms with Crippen molar-refractivity contribution in [2.45, 2.75) is 12.8 Å². The number of hydrogen-bond donors (Lipinski definition) is 1. The summed E-state index contributed by atoms with van der Waals surface area (Å²) < 4.78 is 14.0. The van der Waals surface area contributed by atoms with E-state index in [2.05, 4.69) is 20.8 Å². The number of carbonyl (C=O) groups is 1. The van der Waals surface area contributed by atoms with Crippen LogP contribution in [-0.4, -0.2) is 30.8 Å². The molecule has 0 aromatic heterocycles. The van der Waals surface area contributed by atoms with Crippen molar-refractivity contribution in [1.29, 1.82) is 0 Å². The van der Waals surface area contributed by atoms with E-state index < -0.39 is 18.1 Å². The molecule has 1 aliphatic heterocycles. The van der Waals surface area contributed by atoms with Gasteiger partial charge in [-0.1, -0.05) is 22.0 Å². The molecule has 0 spiro atoms. The first-order valence-corrected chi connectivity index (χ1v) is 6.67.